The van der Waals surface area contributed by atoms with Gasteiger partial charge in [0.25, 0.3) is 0 Å². The molecule has 2 aromatic carbocycles. The molecule has 0 radical (unpaired) electrons. The van der Waals surface area contributed by atoms with E-state index in [-0.39, 0.29) is 11.5 Å². The maximum atomic E-state index is 13.6. The zero-order valence-corrected chi connectivity index (χ0v) is 28.5. The number of esters is 1. The van der Waals surface area contributed by atoms with Crippen molar-refractivity contribution in [3.63, 3.8) is 0 Å². The van der Waals surface area contributed by atoms with Gasteiger partial charge in [-0.05, 0) is 36.4 Å². The summed E-state index contributed by atoms with van der Waals surface area (Å²) < 4.78 is 36.5. The van der Waals surface area contributed by atoms with Gasteiger partial charge in [-0.15, -0.1) is 0 Å². The second-order valence-electron chi connectivity index (χ2n) is 13.5. The summed E-state index contributed by atoms with van der Waals surface area (Å²) in [5.41, 5.74) is -0.835. The van der Waals surface area contributed by atoms with Crippen molar-refractivity contribution in [1.29, 1.82) is 0 Å². The Kier molecular flexibility index (Phi) is 9.94. The second-order valence-corrected chi connectivity index (χ2v) is 13.5. The summed E-state index contributed by atoms with van der Waals surface area (Å²) in [6.07, 6.45) is -4.31. The lowest BCUT2D eigenvalue weighted by Gasteiger charge is -2.43. The van der Waals surface area contributed by atoms with Gasteiger partial charge in [0.15, 0.2) is 5.60 Å². The molecule has 1 spiro atoms. The molecule has 0 bridgehead atoms. The van der Waals surface area contributed by atoms with Gasteiger partial charge in [-0.25, -0.2) is 0 Å². The number of carbonyl (C=O) groups excluding carboxylic acids is 3. The Morgan fingerprint density at radius 2 is 1.21 bits per heavy atom. The molecule has 53 heavy (non-hydrogen) atoms. The molecular weight excluding hydrogens is 700 g/mol. The summed E-state index contributed by atoms with van der Waals surface area (Å²) >= 11 is 0. The highest BCUT2D eigenvalue weighted by atomic mass is 16.7. The van der Waals surface area contributed by atoms with Gasteiger partial charge in [-0.2, -0.15) is 0 Å². The summed E-state index contributed by atoms with van der Waals surface area (Å²) in [5, 5.41) is 67.2. The molecular formula is C36H40N2O15. The Bertz CT molecular complexity index is 1710. The average molecular weight is 741 g/mol. The molecule has 1 aliphatic carbocycles. The largest absolute Gasteiger partial charge is 0.463 e. The molecule has 3 fully saturated rings. The van der Waals surface area contributed by atoms with E-state index in [1.54, 1.807) is 54.6 Å². The number of hydrogen-bond acceptors (Lipinski definition) is 15. The number of hydrogen-bond donors (Lipinski definition) is 8. The molecule has 284 valence electrons. The summed E-state index contributed by atoms with van der Waals surface area (Å²) in [6.45, 7) is 1.14. The molecule has 4 heterocycles. The zero-order chi connectivity index (χ0) is 37.8. The van der Waals surface area contributed by atoms with Crippen molar-refractivity contribution < 1.29 is 73.4 Å². The molecule has 3 saturated heterocycles. The first-order chi connectivity index (χ1) is 25.4. The highest BCUT2D eigenvalue weighted by molar-refractivity contribution is 5.82. The topological polar surface area (TPSA) is 252 Å². The first kappa shape index (κ1) is 36.8. The fraction of sp³-hybridized carbons (Fsp3) is 0.472. The van der Waals surface area contributed by atoms with Crippen LogP contribution in [0.5, 0.6) is 23.0 Å². The maximum absolute atomic E-state index is 13.6. The van der Waals surface area contributed by atoms with E-state index in [2.05, 4.69) is 10.6 Å². The average Bonchev–Trinajstić information content (AvgIpc) is 3.43. The van der Waals surface area contributed by atoms with E-state index in [4.69, 9.17) is 28.4 Å². The number of fused-ring (bicyclic) bond motifs is 6. The highest BCUT2D eigenvalue weighted by Gasteiger charge is 2.60. The van der Waals surface area contributed by atoms with Crippen LogP contribution in [0.1, 0.15) is 25.0 Å². The molecule has 0 saturated carbocycles. The van der Waals surface area contributed by atoms with E-state index in [0.29, 0.717) is 22.6 Å². The number of allylic oxidation sites excluding steroid dienone is 2. The van der Waals surface area contributed by atoms with Crippen molar-refractivity contribution in [3.05, 3.63) is 71.8 Å². The third-order valence-electron chi connectivity index (χ3n) is 10.1. The molecule has 2 amide bonds. The van der Waals surface area contributed by atoms with Crippen LogP contribution in [-0.4, -0.2) is 123 Å². The number of nitrogens with one attached hydrogen (secondary N) is 2. The Hall–Kier alpha value is -4.59. The van der Waals surface area contributed by atoms with E-state index in [0.717, 1.165) is 0 Å². The minimum absolute atomic E-state index is 0.134. The van der Waals surface area contributed by atoms with Crippen LogP contribution in [0.2, 0.25) is 0 Å². The molecule has 0 unspecified atom stereocenters. The number of rotatable bonds is 8. The van der Waals surface area contributed by atoms with Crippen LogP contribution in [0, 0.1) is 11.8 Å². The van der Waals surface area contributed by atoms with Crippen LogP contribution in [0.25, 0.3) is 0 Å². The Morgan fingerprint density at radius 1 is 0.736 bits per heavy atom. The Labute approximate surface area is 302 Å². The second kappa shape index (κ2) is 14.3. The molecule has 17 heteroatoms. The minimum atomic E-state index is -1.56. The summed E-state index contributed by atoms with van der Waals surface area (Å²) in [6, 6.07) is 6.91. The van der Waals surface area contributed by atoms with Crippen LogP contribution < -0.4 is 24.8 Å². The highest BCUT2D eigenvalue weighted by Crippen LogP contribution is 2.60. The van der Waals surface area contributed by atoms with Gasteiger partial charge >= 0.3 is 5.97 Å². The van der Waals surface area contributed by atoms with E-state index in [9.17, 15) is 45.0 Å². The van der Waals surface area contributed by atoms with Crippen LogP contribution in [0.15, 0.2) is 60.7 Å². The molecule has 17 nitrogen and oxygen atoms in total. The molecule has 8 N–H and O–H groups in total. The van der Waals surface area contributed by atoms with Crippen LogP contribution in [0.4, 0.5) is 0 Å². The maximum Gasteiger partial charge on any atom is 0.314 e. The van der Waals surface area contributed by atoms with Gasteiger partial charge in [-0.3, -0.25) is 14.4 Å². The van der Waals surface area contributed by atoms with E-state index < -0.39 is 110 Å². The van der Waals surface area contributed by atoms with E-state index in [1.807, 2.05) is 6.08 Å². The number of carbonyl (C=O) groups is 3. The van der Waals surface area contributed by atoms with Gasteiger partial charge in [0, 0.05) is 30.9 Å². The van der Waals surface area contributed by atoms with Gasteiger partial charge in [0.2, 0.25) is 24.4 Å². The van der Waals surface area contributed by atoms with Gasteiger partial charge in [0.1, 0.15) is 71.7 Å². The molecule has 12 atom stereocenters. The number of aliphatic hydroxyl groups is 6. The molecule has 5 aliphatic rings. The van der Waals surface area contributed by atoms with Crippen molar-refractivity contribution in [2.75, 3.05) is 13.2 Å². The molecule has 4 aliphatic heterocycles. The van der Waals surface area contributed by atoms with E-state index >= 15 is 0 Å². The summed E-state index contributed by atoms with van der Waals surface area (Å²) in [4.78, 5) is 37.6. The van der Waals surface area contributed by atoms with Crippen LogP contribution in [-0.2, 0) is 34.2 Å². The number of ether oxygens (including phenoxy) is 6. The fourth-order valence-electron chi connectivity index (χ4n) is 7.58. The Balaban J connectivity index is 1.28. The minimum Gasteiger partial charge on any atom is -0.463 e. The molecule has 0 aromatic heterocycles. The first-order valence-corrected chi connectivity index (χ1v) is 17.0. The lowest BCUT2D eigenvalue weighted by atomic mass is 9.70. The van der Waals surface area contributed by atoms with Crippen molar-refractivity contribution in [2.24, 2.45) is 11.8 Å². The van der Waals surface area contributed by atoms with Gasteiger partial charge < -0.3 is 69.7 Å². The standard InChI is InChI=1S/C36H40N2O15/c1-15(41)37-27-31(45)29(43)25(13-39)51-34(27)48-17-7-9-23-21(11-17)36(20-6-4-3-5-19(20)33(47)53-36)22-12-18(8-10-24(22)50-23)49-35-28(38-16(2)42)32(46)30(44)26(14-40)52-35/h3-12,19-20,25-32,34-35,39-40,43-46H,13-14H2,1-2H3,(H,37,41)(H,38,42)/t19-,20+,25-,26-,27-,28-,29+,30+,31-,32-,34-,35-/m1/s1. The summed E-state index contributed by atoms with van der Waals surface area (Å²) in [5.74, 6) is -2.02. The molecule has 7 rings (SSSR count). The third-order valence-corrected chi connectivity index (χ3v) is 10.1. The summed E-state index contributed by atoms with van der Waals surface area (Å²) in [7, 11) is 0. The van der Waals surface area contributed by atoms with E-state index in [1.165, 1.54) is 13.8 Å². The zero-order valence-electron chi connectivity index (χ0n) is 28.5. The fourth-order valence-corrected chi connectivity index (χ4v) is 7.58. The van der Waals surface area contributed by atoms with Crippen LogP contribution >= 0.6 is 0 Å². The number of benzene rings is 2. The SMILES string of the molecule is CC(=O)N[C@H]1[C@H](Oc2ccc3c(c2)C2(OC(=O)[C@@H]4C=CC=C[C@@H]42)c2cc(O[C@@H]4O[C@H](CO)[C@H](O)[C@H](O)[C@H]4NC(C)=O)ccc2O3)O[C@H](CO)[C@H](O)[C@@H]1O. The predicted octanol–water partition coefficient (Wildman–Crippen LogP) is -1.40. The number of amides is 2. The normalized spacial score (nSPS) is 34.9. The van der Waals surface area contributed by atoms with Gasteiger partial charge in [-0.1, -0.05) is 24.3 Å². The predicted molar refractivity (Wildman–Crippen MR) is 177 cm³/mol. The lowest BCUT2D eigenvalue weighted by Crippen LogP contribution is -2.65. The number of aliphatic hydroxyl groups excluding tert-OH is 6. The molecule has 2 aromatic rings. The lowest BCUT2D eigenvalue weighted by molar-refractivity contribution is -0.244. The van der Waals surface area contributed by atoms with Crippen molar-refractivity contribution in [3.8, 4) is 23.0 Å². The van der Waals surface area contributed by atoms with Crippen molar-refractivity contribution >= 4 is 17.8 Å². The Morgan fingerprint density at radius 3 is 1.66 bits per heavy atom. The van der Waals surface area contributed by atoms with Crippen LogP contribution in [0.3, 0.4) is 0 Å². The monoisotopic (exact) mass is 740 g/mol. The third kappa shape index (κ3) is 6.42. The van der Waals surface area contributed by atoms with Crippen molar-refractivity contribution in [2.45, 2.75) is 80.7 Å². The smallest absolute Gasteiger partial charge is 0.314 e. The quantitative estimate of drug-likeness (QED) is 0.145. The van der Waals surface area contributed by atoms with Gasteiger partial charge in [0.05, 0.1) is 19.1 Å². The van der Waals surface area contributed by atoms with Crippen molar-refractivity contribution in [1.82, 2.24) is 10.6 Å². The first-order valence-electron chi connectivity index (χ1n) is 17.0.